The van der Waals surface area contributed by atoms with Gasteiger partial charge in [0, 0.05) is 28.3 Å². The number of aromatic nitrogens is 1. The predicted octanol–water partition coefficient (Wildman–Crippen LogP) is 3.95. The molecule has 1 atom stereocenters. The Morgan fingerprint density at radius 2 is 1.83 bits per heavy atom. The third kappa shape index (κ3) is 3.35. The molecule has 0 radical (unpaired) electrons. The van der Waals surface area contributed by atoms with Crippen molar-refractivity contribution < 1.29 is 23.2 Å². The van der Waals surface area contributed by atoms with Crippen LogP contribution in [0.4, 0.5) is 0 Å². The van der Waals surface area contributed by atoms with Gasteiger partial charge in [0.25, 0.3) is 0 Å². The van der Waals surface area contributed by atoms with Crippen molar-refractivity contribution in [3.05, 3.63) is 58.8 Å². The number of rotatable bonds is 5. The Balaban J connectivity index is 1.99. The number of fused-ring (bicyclic) bond motifs is 2. The lowest BCUT2D eigenvalue weighted by Gasteiger charge is -2.18. The van der Waals surface area contributed by atoms with Gasteiger partial charge in [-0.1, -0.05) is 29.8 Å². The Morgan fingerprint density at radius 1 is 1.17 bits per heavy atom. The van der Waals surface area contributed by atoms with E-state index >= 15 is 0 Å². The lowest BCUT2D eigenvalue weighted by molar-refractivity contribution is 0.0527. The van der Waals surface area contributed by atoms with Crippen LogP contribution in [0.1, 0.15) is 39.4 Å². The van der Waals surface area contributed by atoms with Crippen LogP contribution >= 0.6 is 0 Å². The monoisotopic (exact) mass is 412 g/mol. The maximum Gasteiger partial charge on any atom is 0.474 e. The van der Waals surface area contributed by atoms with Gasteiger partial charge in [-0.05, 0) is 19.9 Å². The fourth-order valence-electron chi connectivity index (χ4n) is 3.72. The second-order valence-electron chi connectivity index (χ2n) is 6.94. The molecule has 0 amide bonds. The normalized spacial score (nSPS) is 13.9. The van der Waals surface area contributed by atoms with Crippen molar-refractivity contribution in [2.24, 2.45) is 7.05 Å². The third-order valence-corrected chi connectivity index (χ3v) is 5.80. The summed E-state index contributed by atoms with van der Waals surface area (Å²) in [4.78, 5) is 12.9. The number of nitrogens with zero attached hydrogens (tertiary/aromatic N) is 1. The van der Waals surface area contributed by atoms with Crippen LogP contribution in [0, 0.1) is 6.92 Å². The van der Waals surface area contributed by atoms with E-state index in [-0.39, 0.29) is 6.61 Å². The maximum atomic E-state index is 12.9. The van der Waals surface area contributed by atoms with E-state index in [9.17, 15) is 9.00 Å². The number of aryl methyl sites for hydroxylation is 2. The van der Waals surface area contributed by atoms with Crippen LogP contribution in [0.15, 0.2) is 36.4 Å². The van der Waals surface area contributed by atoms with Gasteiger partial charge in [0.1, 0.15) is 18.9 Å². The summed E-state index contributed by atoms with van der Waals surface area (Å²) in [5.41, 5.74) is 3.75. The zero-order valence-electron chi connectivity index (χ0n) is 16.6. The molecule has 0 aliphatic carbocycles. The predicted molar refractivity (Wildman–Crippen MR) is 111 cm³/mol. The minimum atomic E-state index is -0.564. The van der Waals surface area contributed by atoms with Crippen molar-refractivity contribution in [2.75, 3.05) is 19.8 Å². The molecule has 0 spiro atoms. The first-order chi connectivity index (χ1) is 14.0. The van der Waals surface area contributed by atoms with E-state index in [2.05, 4.69) is 0 Å². The van der Waals surface area contributed by atoms with Gasteiger partial charge in [-0.25, -0.2) is 4.79 Å². The lowest BCUT2D eigenvalue weighted by atomic mass is 10.0. The number of esters is 1. The first kappa shape index (κ1) is 19.4. The van der Waals surface area contributed by atoms with Gasteiger partial charge in [-0.3, -0.25) is 0 Å². The highest BCUT2D eigenvalue weighted by molar-refractivity contribution is 7.66. The number of carbonyl (C=O) groups excluding carboxylic acids is 1. The molecule has 2 heterocycles. The summed E-state index contributed by atoms with van der Waals surface area (Å²) in [7, 11) is 1.86. The number of ether oxygens (including phenoxy) is 3. The van der Waals surface area contributed by atoms with E-state index in [0.717, 1.165) is 16.6 Å². The van der Waals surface area contributed by atoms with E-state index in [0.29, 0.717) is 53.0 Å². The molecule has 0 N–H and O–H groups in total. The molecule has 150 valence electrons. The van der Waals surface area contributed by atoms with E-state index in [4.69, 9.17) is 14.2 Å². The molecule has 6 nitrogen and oxygen atoms in total. The Kier molecular flexibility index (Phi) is 5.24. The number of benzene rings is 2. The number of hydrogen-bond acceptors (Lipinski definition) is 5. The third-order valence-electron chi connectivity index (χ3n) is 5.11. The highest BCUT2D eigenvalue weighted by Crippen LogP contribution is 2.41. The second-order valence-corrected chi connectivity index (χ2v) is 7.60. The molecule has 1 aliphatic rings. The Labute approximate surface area is 172 Å². The van der Waals surface area contributed by atoms with Crippen molar-refractivity contribution in [3.8, 4) is 11.5 Å². The molecule has 0 fully saturated rings. The molecule has 0 saturated carbocycles. The second kappa shape index (κ2) is 7.83. The van der Waals surface area contributed by atoms with Crippen molar-refractivity contribution in [3.63, 3.8) is 0 Å². The standard InChI is InChI=1S/C22H22NO5S/c1-4-26-22(24)19-15-11-17-18(28-10-9-27-17)12-16(15)23(3)20(19)21(29-25)14-7-5-13(2)6-8-14/h5-8,11-12,21H,4,9-10H2,1-3H3/q+1. The largest absolute Gasteiger partial charge is 0.486 e. The zero-order chi connectivity index (χ0) is 20.5. The van der Waals surface area contributed by atoms with Crippen LogP contribution in [0.5, 0.6) is 11.5 Å². The van der Waals surface area contributed by atoms with Crippen molar-refractivity contribution >= 4 is 28.5 Å². The van der Waals surface area contributed by atoms with E-state index < -0.39 is 11.2 Å². The van der Waals surface area contributed by atoms with Gasteiger partial charge in [0.2, 0.25) is 0 Å². The van der Waals surface area contributed by atoms with Gasteiger partial charge >= 0.3 is 22.9 Å². The molecule has 1 unspecified atom stereocenters. The van der Waals surface area contributed by atoms with E-state index in [1.807, 2.05) is 48.9 Å². The Bertz CT molecular complexity index is 1090. The van der Waals surface area contributed by atoms with Crippen LogP contribution in [-0.4, -0.2) is 30.4 Å². The van der Waals surface area contributed by atoms with Crippen LogP contribution in [0.25, 0.3) is 10.9 Å². The van der Waals surface area contributed by atoms with Gasteiger partial charge < -0.3 is 18.8 Å². The minimum absolute atomic E-state index is 0.249. The number of carbonyl (C=O) groups is 1. The molecule has 0 bridgehead atoms. The molecule has 4 rings (SSSR count). The molecule has 29 heavy (non-hydrogen) atoms. The first-order valence-corrected chi connectivity index (χ1v) is 10.3. The molecule has 2 aromatic carbocycles. The average Bonchev–Trinajstić information content (AvgIpc) is 3.00. The summed E-state index contributed by atoms with van der Waals surface area (Å²) in [6.45, 7) is 4.94. The summed E-state index contributed by atoms with van der Waals surface area (Å²) in [5.74, 6) is 0.775. The van der Waals surface area contributed by atoms with Crippen molar-refractivity contribution in [1.82, 2.24) is 4.57 Å². The van der Waals surface area contributed by atoms with Crippen LogP contribution in [0.3, 0.4) is 0 Å². The zero-order valence-corrected chi connectivity index (χ0v) is 17.4. The highest BCUT2D eigenvalue weighted by atomic mass is 32.1. The topological polar surface area (TPSA) is 66.8 Å². The van der Waals surface area contributed by atoms with Gasteiger partial charge in [-0.15, -0.1) is 0 Å². The number of hydrogen-bond donors (Lipinski definition) is 0. The minimum Gasteiger partial charge on any atom is -0.486 e. The SMILES string of the molecule is CCOC(=O)c1c(C([S+]=O)c2ccc(C)cc2)n(C)c2cc3c(cc12)OCCO3. The van der Waals surface area contributed by atoms with E-state index in [1.54, 1.807) is 13.0 Å². The highest BCUT2D eigenvalue weighted by Gasteiger charge is 2.37. The fourth-order valence-corrected chi connectivity index (χ4v) is 4.35. The van der Waals surface area contributed by atoms with Crippen molar-refractivity contribution in [1.29, 1.82) is 0 Å². The smallest absolute Gasteiger partial charge is 0.474 e. The summed E-state index contributed by atoms with van der Waals surface area (Å²) in [6, 6.07) is 11.4. The molecule has 1 aliphatic heterocycles. The molecule has 0 saturated heterocycles. The van der Waals surface area contributed by atoms with Gasteiger partial charge in [0.05, 0.1) is 17.7 Å². The molecule has 3 aromatic rings. The summed E-state index contributed by atoms with van der Waals surface area (Å²) < 4.78 is 30.9. The summed E-state index contributed by atoms with van der Waals surface area (Å²) in [5, 5.41) is 0.127. The molecular weight excluding hydrogens is 390 g/mol. The van der Waals surface area contributed by atoms with Crippen molar-refractivity contribution in [2.45, 2.75) is 19.1 Å². The fraction of sp³-hybridized carbons (Fsp3) is 0.318. The van der Waals surface area contributed by atoms with Crippen LogP contribution in [0.2, 0.25) is 0 Å². The first-order valence-electron chi connectivity index (χ1n) is 9.49. The van der Waals surface area contributed by atoms with Crippen LogP contribution < -0.4 is 9.47 Å². The van der Waals surface area contributed by atoms with Gasteiger partial charge in [-0.2, -0.15) is 0 Å². The summed E-state index contributed by atoms with van der Waals surface area (Å²) >= 11 is 0.452. The Morgan fingerprint density at radius 3 is 2.45 bits per heavy atom. The summed E-state index contributed by atoms with van der Waals surface area (Å²) in [6.07, 6.45) is 0. The molecule has 7 heteroatoms. The molecule has 1 aromatic heterocycles. The quantitative estimate of drug-likeness (QED) is 0.469. The molecular formula is C22H22NO5S+. The average molecular weight is 412 g/mol. The van der Waals surface area contributed by atoms with Gasteiger partial charge in [0.15, 0.2) is 11.5 Å². The van der Waals surface area contributed by atoms with E-state index in [1.165, 1.54) is 0 Å². The lowest BCUT2D eigenvalue weighted by Crippen LogP contribution is -2.15. The van der Waals surface area contributed by atoms with Crippen LogP contribution in [-0.2, 0) is 27.7 Å². The Hall–Kier alpha value is -2.93. The maximum absolute atomic E-state index is 12.9.